The van der Waals surface area contributed by atoms with Crippen LogP contribution in [0.3, 0.4) is 0 Å². The molecule has 0 saturated heterocycles. The summed E-state index contributed by atoms with van der Waals surface area (Å²) in [7, 11) is 0. The third-order valence-corrected chi connectivity index (χ3v) is 4.28. The minimum atomic E-state index is -4.72. The van der Waals surface area contributed by atoms with E-state index in [-0.39, 0.29) is 34.1 Å². The van der Waals surface area contributed by atoms with Crippen molar-refractivity contribution >= 4 is 17.6 Å². The maximum absolute atomic E-state index is 13.5. The average molecular weight is 462 g/mol. The SMILES string of the molecule is O=C(O)c1cncc(-c2cnc(Nc3cc(F)cc(F)c3)nc2-n2ccc(C(F)(F)F)n2)c1. The van der Waals surface area contributed by atoms with Crippen molar-refractivity contribution in [1.29, 1.82) is 0 Å². The van der Waals surface area contributed by atoms with Crippen LogP contribution in [0, 0.1) is 11.6 Å². The zero-order chi connectivity index (χ0) is 23.8. The average Bonchev–Trinajstić information content (AvgIpc) is 3.24. The molecule has 0 bridgehead atoms. The fourth-order valence-corrected chi connectivity index (χ4v) is 2.86. The molecule has 33 heavy (non-hydrogen) atoms. The number of aromatic nitrogens is 5. The highest BCUT2D eigenvalue weighted by atomic mass is 19.4. The molecule has 0 radical (unpaired) electrons. The van der Waals surface area contributed by atoms with E-state index in [4.69, 9.17) is 0 Å². The molecule has 0 unspecified atom stereocenters. The molecule has 3 heterocycles. The van der Waals surface area contributed by atoms with Gasteiger partial charge in [-0.2, -0.15) is 23.3 Å². The molecule has 0 atom stereocenters. The number of rotatable bonds is 5. The molecule has 1 aromatic carbocycles. The zero-order valence-corrected chi connectivity index (χ0v) is 16.2. The molecular weight excluding hydrogens is 451 g/mol. The highest BCUT2D eigenvalue weighted by Gasteiger charge is 2.34. The Labute approximate surface area is 181 Å². The summed E-state index contributed by atoms with van der Waals surface area (Å²) in [5.41, 5.74) is -1.11. The van der Waals surface area contributed by atoms with E-state index in [1.165, 1.54) is 18.5 Å². The van der Waals surface area contributed by atoms with Crippen LogP contribution in [0.4, 0.5) is 33.6 Å². The van der Waals surface area contributed by atoms with Gasteiger partial charge in [-0.05, 0) is 24.3 Å². The lowest BCUT2D eigenvalue weighted by Crippen LogP contribution is -2.10. The molecular formula is C20H11F5N6O2. The zero-order valence-electron chi connectivity index (χ0n) is 16.2. The maximum Gasteiger partial charge on any atom is 0.435 e. The summed E-state index contributed by atoms with van der Waals surface area (Å²) in [6.07, 6.45) is -0.148. The Balaban J connectivity index is 1.83. The van der Waals surface area contributed by atoms with Gasteiger partial charge >= 0.3 is 12.1 Å². The molecule has 0 aliphatic heterocycles. The number of nitrogens with zero attached hydrogens (tertiary/aromatic N) is 5. The van der Waals surface area contributed by atoms with E-state index in [0.29, 0.717) is 6.07 Å². The number of carboxylic acid groups (broad SMARTS) is 1. The van der Waals surface area contributed by atoms with Gasteiger partial charge in [0.25, 0.3) is 0 Å². The van der Waals surface area contributed by atoms with Gasteiger partial charge in [0, 0.05) is 47.7 Å². The largest absolute Gasteiger partial charge is 0.478 e. The third kappa shape index (κ3) is 4.76. The van der Waals surface area contributed by atoms with Crippen LogP contribution in [0.2, 0.25) is 0 Å². The van der Waals surface area contributed by atoms with Gasteiger partial charge in [0.05, 0.1) is 5.56 Å². The summed E-state index contributed by atoms with van der Waals surface area (Å²) < 4.78 is 67.0. The minimum Gasteiger partial charge on any atom is -0.478 e. The number of anilines is 2. The van der Waals surface area contributed by atoms with Crippen LogP contribution >= 0.6 is 0 Å². The summed E-state index contributed by atoms with van der Waals surface area (Å²) in [4.78, 5) is 23.3. The summed E-state index contributed by atoms with van der Waals surface area (Å²) in [6, 6.07) is 4.56. The van der Waals surface area contributed by atoms with E-state index in [2.05, 4.69) is 25.4 Å². The lowest BCUT2D eigenvalue weighted by atomic mass is 10.1. The normalized spacial score (nSPS) is 11.4. The number of pyridine rings is 1. The van der Waals surface area contributed by atoms with E-state index in [9.17, 15) is 31.9 Å². The Morgan fingerprint density at radius 1 is 1.03 bits per heavy atom. The number of nitrogens with one attached hydrogen (secondary N) is 1. The molecule has 4 rings (SSSR count). The summed E-state index contributed by atoms with van der Waals surface area (Å²) in [5, 5.41) is 15.3. The third-order valence-electron chi connectivity index (χ3n) is 4.28. The van der Waals surface area contributed by atoms with E-state index in [0.717, 1.165) is 35.3 Å². The summed E-state index contributed by atoms with van der Waals surface area (Å²) in [5.74, 6) is -3.37. The Bertz CT molecular complexity index is 1330. The predicted molar refractivity (Wildman–Crippen MR) is 104 cm³/mol. The van der Waals surface area contributed by atoms with Crippen LogP contribution in [-0.2, 0) is 6.18 Å². The van der Waals surface area contributed by atoms with Crippen LogP contribution in [0.1, 0.15) is 16.1 Å². The van der Waals surface area contributed by atoms with E-state index in [1.807, 2.05) is 0 Å². The van der Waals surface area contributed by atoms with Crippen molar-refractivity contribution in [3.63, 3.8) is 0 Å². The fraction of sp³-hybridized carbons (Fsp3) is 0.0500. The first-order valence-corrected chi connectivity index (χ1v) is 9.02. The van der Waals surface area contributed by atoms with Gasteiger partial charge in [-0.25, -0.2) is 23.2 Å². The minimum absolute atomic E-state index is 0.0443. The van der Waals surface area contributed by atoms with Crippen molar-refractivity contribution < 1.29 is 31.9 Å². The number of halogens is 5. The molecule has 0 aliphatic rings. The molecule has 8 nitrogen and oxygen atoms in total. The first-order chi connectivity index (χ1) is 15.6. The fourth-order valence-electron chi connectivity index (χ4n) is 2.86. The molecule has 168 valence electrons. The van der Waals surface area contributed by atoms with Crippen molar-refractivity contribution in [2.24, 2.45) is 0 Å². The number of hydrogen-bond donors (Lipinski definition) is 2. The topological polar surface area (TPSA) is 106 Å². The smallest absolute Gasteiger partial charge is 0.435 e. The van der Waals surface area contributed by atoms with Crippen molar-refractivity contribution in [2.45, 2.75) is 6.18 Å². The van der Waals surface area contributed by atoms with E-state index < -0.39 is 29.5 Å². The molecule has 0 saturated carbocycles. The Morgan fingerprint density at radius 2 is 1.76 bits per heavy atom. The first kappa shape index (κ1) is 21.8. The quantitative estimate of drug-likeness (QED) is 0.422. The van der Waals surface area contributed by atoms with Crippen molar-refractivity contribution in [3.8, 4) is 16.9 Å². The molecule has 13 heteroatoms. The molecule has 4 aromatic rings. The van der Waals surface area contributed by atoms with Gasteiger partial charge in [0.15, 0.2) is 11.5 Å². The van der Waals surface area contributed by atoms with Crippen molar-refractivity contribution in [2.75, 3.05) is 5.32 Å². The number of hydrogen-bond acceptors (Lipinski definition) is 6. The summed E-state index contributed by atoms with van der Waals surface area (Å²) >= 11 is 0. The standard InChI is InChI=1S/C20H11F5N6O2/c21-12-4-13(22)6-14(5-12)28-19-27-9-15(10-3-11(18(32)33)8-26-7-10)17(29-19)31-2-1-16(30-31)20(23,24)25/h1-9H,(H,32,33)(H,27,28,29). The van der Waals surface area contributed by atoms with Gasteiger partial charge in [-0.1, -0.05) is 0 Å². The number of benzene rings is 1. The van der Waals surface area contributed by atoms with E-state index >= 15 is 0 Å². The van der Waals surface area contributed by atoms with Crippen molar-refractivity contribution in [1.82, 2.24) is 24.7 Å². The van der Waals surface area contributed by atoms with Gasteiger partial charge < -0.3 is 10.4 Å². The molecule has 0 amide bonds. The van der Waals surface area contributed by atoms with Crippen LogP contribution < -0.4 is 5.32 Å². The molecule has 3 aromatic heterocycles. The van der Waals surface area contributed by atoms with Gasteiger partial charge in [0.2, 0.25) is 5.95 Å². The van der Waals surface area contributed by atoms with E-state index in [1.54, 1.807) is 0 Å². The Kier molecular flexibility index (Phi) is 5.45. The monoisotopic (exact) mass is 462 g/mol. The highest BCUT2D eigenvalue weighted by Crippen LogP contribution is 2.30. The molecule has 0 spiro atoms. The Morgan fingerprint density at radius 3 is 2.39 bits per heavy atom. The summed E-state index contributed by atoms with van der Waals surface area (Å²) in [6.45, 7) is 0. The number of alkyl halides is 3. The Hall–Kier alpha value is -4.42. The predicted octanol–water partition coefficient (Wildman–Crippen LogP) is 4.46. The van der Waals surface area contributed by atoms with Crippen LogP contribution in [-0.4, -0.2) is 35.8 Å². The van der Waals surface area contributed by atoms with Gasteiger partial charge in [0.1, 0.15) is 11.6 Å². The lowest BCUT2D eigenvalue weighted by Gasteiger charge is -2.12. The second-order valence-electron chi connectivity index (χ2n) is 6.62. The number of carboxylic acids is 1. The molecule has 2 N–H and O–H groups in total. The van der Waals surface area contributed by atoms with Gasteiger partial charge in [-0.15, -0.1) is 0 Å². The second kappa shape index (κ2) is 8.26. The lowest BCUT2D eigenvalue weighted by molar-refractivity contribution is -0.141. The van der Waals surface area contributed by atoms with Crippen LogP contribution in [0.15, 0.2) is 55.1 Å². The second-order valence-corrected chi connectivity index (χ2v) is 6.62. The highest BCUT2D eigenvalue weighted by molar-refractivity contribution is 5.89. The first-order valence-electron chi connectivity index (χ1n) is 9.02. The maximum atomic E-state index is 13.5. The number of carbonyl (C=O) groups is 1. The van der Waals surface area contributed by atoms with Gasteiger partial charge in [-0.3, -0.25) is 4.98 Å². The van der Waals surface area contributed by atoms with Crippen molar-refractivity contribution in [3.05, 3.63) is 78.0 Å². The van der Waals surface area contributed by atoms with Crippen LogP contribution in [0.5, 0.6) is 0 Å². The number of aromatic carboxylic acids is 1. The van der Waals surface area contributed by atoms with Crippen LogP contribution in [0.25, 0.3) is 16.9 Å². The molecule has 0 aliphatic carbocycles. The molecule has 0 fully saturated rings.